The molecule has 0 fully saturated rings. The van der Waals surface area contributed by atoms with Crippen LogP contribution in [0.3, 0.4) is 0 Å². The Morgan fingerprint density at radius 2 is 1.81 bits per heavy atom. The third-order valence-corrected chi connectivity index (χ3v) is 4.15. The minimum atomic E-state index is 1.07. The Bertz CT molecular complexity index is 645. The molecular formula is C13H8INS. The molecule has 0 amide bonds. The first-order chi connectivity index (χ1) is 7.83. The molecule has 0 bridgehead atoms. The first kappa shape index (κ1) is 10.2. The van der Waals surface area contributed by atoms with E-state index >= 15 is 0 Å². The van der Waals surface area contributed by atoms with E-state index in [2.05, 4.69) is 75.4 Å². The molecule has 1 aromatic heterocycles. The summed E-state index contributed by atoms with van der Waals surface area (Å²) >= 11 is 3.93. The van der Waals surface area contributed by atoms with E-state index in [9.17, 15) is 0 Å². The van der Waals surface area contributed by atoms with E-state index < -0.39 is 0 Å². The molecule has 0 aliphatic rings. The number of aromatic nitrogens is 1. The second kappa shape index (κ2) is 4.14. The van der Waals surface area contributed by atoms with Crippen molar-refractivity contribution >= 4 is 44.7 Å². The monoisotopic (exact) mass is 337 g/mol. The topological polar surface area (TPSA) is 12.9 Å². The van der Waals surface area contributed by atoms with Gasteiger partial charge in [0.05, 0.1) is 5.69 Å². The molecule has 1 nitrogen and oxygen atoms in total. The minimum absolute atomic E-state index is 1.07. The van der Waals surface area contributed by atoms with Gasteiger partial charge in [-0.1, -0.05) is 36.4 Å². The molecule has 16 heavy (non-hydrogen) atoms. The number of halogens is 1. The molecule has 0 unspecified atom stereocenters. The first-order valence-corrected chi connectivity index (χ1v) is 6.89. The molecule has 1 heterocycles. The molecule has 0 radical (unpaired) electrons. The maximum atomic E-state index is 4.49. The fourth-order valence-corrected chi connectivity index (χ4v) is 2.92. The SMILES string of the molecule is Ic1nc(-c2ccc3ccccc3c2)cs1. The summed E-state index contributed by atoms with van der Waals surface area (Å²) in [5, 5.41) is 4.64. The maximum absolute atomic E-state index is 4.49. The summed E-state index contributed by atoms with van der Waals surface area (Å²) in [6.07, 6.45) is 0. The van der Waals surface area contributed by atoms with Gasteiger partial charge in [0.1, 0.15) is 0 Å². The molecule has 0 aliphatic carbocycles. The number of nitrogens with zero attached hydrogens (tertiary/aromatic N) is 1. The minimum Gasteiger partial charge on any atom is -0.230 e. The highest BCUT2D eigenvalue weighted by Gasteiger charge is 2.03. The van der Waals surface area contributed by atoms with E-state index in [1.807, 2.05) is 0 Å². The van der Waals surface area contributed by atoms with Crippen molar-refractivity contribution in [3.05, 3.63) is 50.9 Å². The summed E-state index contributed by atoms with van der Waals surface area (Å²) in [7, 11) is 0. The van der Waals surface area contributed by atoms with Gasteiger partial charge in [0.15, 0.2) is 3.01 Å². The Morgan fingerprint density at radius 3 is 2.56 bits per heavy atom. The molecule has 2 aromatic carbocycles. The van der Waals surface area contributed by atoms with Crippen LogP contribution in [-0.2, 0) is 0 Å². The Hall–Kier alpha value is -0.940. The van der Waals surface area contributed by atoms with Crippen LogP contribution in [0.4, 0.5) is 0 Å². The quantitative estimate of drug-likeness (QED) is 0.593. The van der Waals surface area contributed by atoms with Gasteiger partial charge in [0.2, 0.25) is 0 Å². The fraction of sp³-hybridized carbons (Fsp3) is 0. The molecule has 0 saturated heterocycles. The van der Waals surface area contributed by atoms with Gasteiger partial charge in [-0.25, -0.2) is 4.98 Å². The van der Waals surface area contributed by atoms with Crippen molar-refractivity contribution in [1.29, 1.82) is 0 Å². The molecule has 0 atom stereocenters. The first-order valence-electron chi connectivity index (χ1n) is 4.93. The van der Waals surface area contributed by atoms with Crippen molar-refractivity contribution < 1.29 is 0 Å². The lowest BCUT2D eigenvalue weighted by molar-refractivity contribution is 1.37. The summed E-state index contributed by atoms with van der Waals surface area (Å²) < 4.78 is 1.08. The lowest BCUT2D eigenvalue weighted by atomic mass is 10.1. The van der Waals surface area contributed by atoms with Crippen molar-refractivity contribution in [2.75, 3.05) is 0 Å². The van der Waals surface area contributed by atoms with E-state index in [1.165, 1.54) is 16.3 Å². The Kier molecular flexibility index (Phi) is 2.65. The molecule has 0 aliphatic heterocycles. The second-order valence-electron chi connectivity index (χ2n) is 3.55. The van der Waals surface area contributed by atoms with E-state index in [-0.39, 0.29) is 0 Å². The van der Waals surface area contributed by atoms with Crippen LogP contribution in [0.15, 0.2) is 47.8 Å². The van der Waals surface area contributed by atoms with Crippen molar-refractivity contribution in [3.63, 3.8) is 0 Å². The zero-order chi connectivity index (χ0) is 11.0. The Morgan fingerprint density at radius 1 is 1.00 bits per heavy atom. The average molecular weight is 337 g/mol. The summed E-state index contributed by atoms with van der Waals surface area (Å²) in [6, 6.07) is 14.9. The van der Waals surface area contributed by atoms with E-state index in [0.717, 1.165) is 8.71 Å². The normalized spacial score (nSPS) is 10.8. The molecule has 3 rings (SSSR count). The van der Waals surface area contributed by atoms with Crippen LogP contribution >= 0.6 is 33.9 Å². The number of rotatable bonds is 1. The van der Waals surface area contributed by atoms with Gasteiger partial charge >= 0.3 is 0 Å². The van der Waals surface area contributed by atoms with Crippen molar-refractivity contribution in [1.82, 2.24) is 4.98 Å². The van der Waals surface area contributed by atoms with Crippen molar-refractivity contribution in [3.8, 4) is 11.3 Å². The summed E-state index contributed by atoms with van der Waals surface area (Å²) in [4.78, 5) is 4.49. The number of thiazole rings is 1. The van der Waals surface area contributed by atoms with Gasteiger partial charge in [-0.2, -0.15) is 0 Å². The zero-order valence-corrected chi connectivity index (χ0v) is 11.3. The third-order valence-electron chi connectivity index (χ3n) is 2.52. The lowest BCUT2D eigenvalue weighted by Crippen LogP contribution is -1.79. The Labute approximate surface area is 111 Å². The smallest absolute Gasteiger partial charge is 0.154 e. The number of benzene rings is 2. The second-order valence-corrected chi connectivity index (χ2v) is 6.16. The zero-order valence-electron chi connectivity index (χ0n) is 8.35. The van der Waals surface area contributed by atoms with Crippen LogP contribution in [0.25, 0.3) is 22.0 Å². The van der Waals surface area contributed by atoms with Gasteiger partial charge in [-0.15, -0.1) is 11.3 Å². The van der Waals surface area contributed by atoms with Crippen LogP contribution in [0.5, 0.6) is 0 Å². The Balaban J connectivity index is 2.18. The number of hydrogen-bond acceptors (Lipinski definition) is 2. The largest absolute Gasteiger partial charge is 0.230 e. The molecule has 0 saturated carbocycles. The van der Waals surface area contributed by atoms with Crippen LogP contribution in [0.2, 0.25) is 0 Å². The average Bonchev–Trinajstić information content (AvgIpc) is 2.75. The van der Waals surface area contributed by atoms with Crippen LogP contribution in [-0.4, -0.2) is 4.98 Å². The maximum Gasteiger partial charge on any atom is 0.154 e. The fourth-order valence-electron chi connectivity index (χ4n) is 1.73. The third kappa shape index (κ3) is 1.85. The van der Waals surface area contributed by atoms with Crippen LogP contribution in [0, 0.1) is 3.01 Å². The lowest BCUT2D eigenvalue weighted by Gasteiger charge is -2.00. The molecular weight excluding hydrogens is 329 g/mol. The highest BCUT2D eigenvalue weighted by Crippen LogP contribution is 2.26. The molecule has 3 heteroatoms. The number of fused-ring (bicyclic) bond motifs is 1. The summed E-state index contributed by atoms with van der Waals surface area (Å²) in [5.74, 6) is 0. The van der Waals surface area contributed by atoms with Gasteiger partial charge in [-0.3, -0.25) is 0 Å². The van der Waals surface area contributed by atoms with E-state index in [1.54, 1.807) is 11.3 Å². The predicted octanol–water partition coefficient (Wildman–Crippen LogP) is 4.57. The standard InChI is InChI=1S/C13H8INS/c14-13-15-12(8-16-13)11-6-5-9-3-1-2-4-10(9)7-11/h1-8H. The predicted molar refractivity (Wildman–Crippen MR) is 77.8 cm³/mol. The summed E-state index contributed by atoms with van der Waals surface area (Å²) in [5.41, 5.74) is 2.26. The molecule has 3 aromatic rings. The van der Waals surface area contributed by atoms with Crippen molar-refractivity contribution in [2.24, 2.45) is 0 Å². The van der Waals surface area contributed by atoms with Gasteiger partial charge < -0.3 is 0 Å². The van der Waals surface area contributed by atoms with Gasteiger partial charge in [0.25, 0.3) is 0 Å². The number of hydrogen-bond donors (Lipinski definition) is 0. The molecule has 0 N–H and O–H groups in total. The highest BCUT2D eigenvalue weighted by molar-refractivity contribution is 14.1. The van der Waals surface area contributed by atoms with Crippen LogP contribution < -0.4 is 0 Å². The van der Waals surface area contributed by atoms with Crippen LogP contribution in [0.1, 0.15) is 0 Å². The van der Waals surface area contributed by atoms with E-state index in [4.69, 9.17) is 0 Å². The molecule has 78 valence electrons. The summed E-state index contributed by atoms with van der Waals surface area (Å²) in [6.45, 7) is 0. The highest BCUT2D eigenvalue weighted by atomic mass is 127. The van der Waals surface area contributed by atoms with Crippen molar-refractivity contribution in [2.45, 2.75) is 0 Å². The van der Waals surface area contributed by atoms with Gasteiger partial charge in [0, 0.05) is 10.9 Å². The molecule has 0 spiro atoms. The van der Waals surface area contributed by atoms with Gasteiger partial charge in [-0.05, 0) is 39.4 Å². The van der Waals surface area contributed by atoms with E-state index in [0.29, 0.717) is 0 Å².